The quantitative estimate of drug-likeness (QED) is 0.904. The lowest BCUT2D eigenvalue weighted by atomic mass is 9.88. The van der Waals surface area contributed by atoms with Gasteiger partial charge in [-0.2, -0.15) is 13.2 Å². The van der Waals surface area contributed by atoms with Crippen LogP contribution in [-0.4, -0.2) is 23.7 Å². The van der Waals surface area contributed by atoms with Gasteiger partial charge >= 0.3 is 6.18 Å². The molecule has 1 heterocycles. The minimum absolute atomic E-state index is 0.0113. The first kappa shape index (κ1) is 16.1. The van der Waals surface area contributed by atoms with E-state index in [1.165, 1.54) is 12.6 Å². The molecule has 0 unspecified atom stereocenters. The topological polar surface area (TPSA) is 51.2 Å². The lowest BCUT2D eigenvalue weighted by Crippen LogP contribution is -2.33. The number of amides is 1. The second-order valence-corrected chi connectivity index (χ2v) is 6.37. The molecule has 0 radical (unpaired) electrons. The molecule has 0 spiro atoms. The fourth-order valence-electron chi connectivity index (χ4n) is 3.72. The first-order valence-electron chi connectivity index (χ1n) is 7.83. The van der Waals surface area contributed by atoms with Crippen LogP contribution in [0, 0.1) is 17.8 Å². The van der Waals surface area contributed by atoms with Crippen LogP contribution in [0.1, 0.15) is 31.2 Å². The molecule has 2 aliphatic rings. The number of ether oxygens (including phenoxy) is 1. The Kier molecular flexibility index (Phi) is 4.46. The van der Waals surface area contributed by atoms with Gasteiger partial charge in [0.25, 0.3) is 0 Å². The van der Waals surface area contributed by atoms with Crippen molar-refractivity contribution in [3.05, 3.63) is 23.9 Å². The standard InChI is InChI=1S/C16H19F3N2O2/c17-16(18,19)9-23-15-12(2-1-5-20-15)8-21-14(22)13-7-10-3-4-11(13)6-10/h1-2,5,10-11,13H,3-4,6-9H2,(H,21,22)/t10-,11-,13+/m0/s1. The van der Waals surface area contributed by atoms with Crippen molar-refractivity contribution in [1.82, 2.24) is 10.3 Å². The summed E-state index contributed by atoms with van der Waals surface area (Å²) in [4.78, 5) is 16.1. The summed E-state index contributed by atoms with van der Waals surface area (Å²) in [6.07, 6.45) is 1.34. The molecule has 1 aromatic rings. The molecule has 3 rings (SSSR count). The van der Waals surface area contributed by atoms with Crippen molar-refractivity contribution >= 4 is 5.91 Å². The smallest absolute Gasteiger partial charge is 0.422 e. The zero-order valence-electron chi connectivity index (χ0n) is 12.6. The van der Waals surface area contributed by atoms with Crippen LogP contribution < -0.4 is 10.1 Å². The van der Waals surface area contributed by atoms with E-state index in [9.17, 15) is 18.0 Å². The monoisotopic (exact) mass is 328 g/mol. The lowest BCUT2D eigenvalue weighted by Gasteiger charge is -2.21. The van der Waals surface area contributed by atoms with E-state index < -0.39 is 12.8 Å². The number of hydrogen-bond donors (Lipinski definition) is 1. The summed E-state index contributed by atoms with van der Waals surface area (Å²) >= 11 is 0. The molecule has 0 saturated heterocycles. The van der Waals surface area contributed by atoms with E-state index in [0.717, 1.165) is 19.3 Å². The van der Waals surface area contributed by atoms with Crippen molar-refractivity contribution in [1.29, 1.82) is 0 Å². The molecule has 126 valence electrons. The van der Waals surface area contributed by atoms with Crippen LogP contribution in [-0.2, 0) is 11.3 Å². The third-order valence-electron chi connectivity index (χ3n) is 4.75. The fourth-order valence-corrected chi connectivity index (χ4v) is 3.72. The highest BCUT2D eigenvalue weighted by Gasteiger charge is 2.42. The minimum Gasteiger partial charge on any atom is -0.468 e. The number of carbonyl (C=O) groups excluding carboxylic acids is 1. The van der Waals surface area contributed by atoms with Gasteiger partial charge in [0.15, 0.2) is 6.61 Å². The second-order valence-electron chi connectivity index (χ2n) is 6.37. The highest BCUT2D eigenvalue weighted by molar-refractivity contribution is 5.79. The van der Waals surface area contributed by atoms with Crippen molar-refractivity contribution in [2.75, 3.05) is 6.61 Å². The van der Waals surface area contributed by atoms with Gasteiger partial charge in [0.2, 0.25) is 11.8 Å². The van der Waals surface area contributed by atoms with Crippen LogP contribution in [0.2, 0.25) is 0 Å². The Labute approximate surface area is 132 Å². The van der Waals surface area contributed by atoms with Crippen LogP contribution in [0.4, 0.5) is 13.2 Å². The zero-order chi connectivity index (χ0) is 16.4. The van der Waals surface area contributed by atoms with Crippen molar-refractivity contribution in [3.63, 3.8) is 0 Å². The van der Waals surface area contributed by atoms with Crippen LogP contribution >= 0.6 is 0 Å². The van der Waals surface area contributed by atoms with E-state index in [2.05, 4.69) is 10.3 Å². The van der Waals surface area contributed by atoms with Crippen molar-refractivity contribution in [2.24, 2.45) is 17.8 Å². The predicted molar refractivity (Wildman–Crippen MR) is 76.6 cm³/mol. The number of carbonyl (C=O) groups is 1. The Hall–Kier alpha value is -1.79. The molecule has 0 aromatic carbocycles. The van der Waals surface area contributed by atoms with Crippen LogP contribution in [0.15, 0.2) is 18.3 Å². The van der Waals surface area contributed by atoms with E-state index in [4.69, 9.17) is 4.74 Å². The van der Waals surface area contributed by atoms with Crippen molar-refractivity contribution < 1.29 is 22.7 Å². The number of rotatable bonds is 5. The average molecular weight is 328 g/mol. The molecule has 7 heteroatoms. The van der Waals surface area contributed by atoms with Crippen molar-refractivity contribution in [3.8, 4) is 5.88 Å². The molecule has 23 heavy (non-hydrogen) atoms. The average Bonchev–Trinajstić information content (AvgIpc) is 3.13. The first-order chi connectivity index (χ1) is 10.9. The Balaban J connectivity index is 1.56. The van der Waals surface area contributed by atoms with Crippen LogP contribution in [0.25, 0.3) is 0 Å². The Bertz CT molecular complexity index is 577. The summed E-state index contributed by atoms with van der Waals surface area (Å²) in [7, 11) is 0. The van der Waals surface area contributed by atoms with Gasteiger partial charge in [0.05, 0.1) is 0 Å². The number of aromatic nitrogens is 1. The summed E-state index contributed by atoms with van der Waals surface area (Å²) in [6.45, 7) is -1.26. The van der Waals surface area contributed by atoms with Gasteiger partial charge in [-0.3, -0.25) is 4.79 Å². The number of alkyl halides is 3. The highest BCUT2D eigenvalue weighted by atomic mass is 19.4. The van der Waals surface area contributed by atoms with E-state index in [1.54, 1.807) is 12.1 Å². The molecular formula is C16H19F3N2O2. The molecule has 4 nitrogen and oxygen atoms in total. The molecule has 1 aromatic heterocycles. The zero-order valence-corrected chi connectivity index (χ0v) is 12.6. The highest BCUT2D eigenvalue weighted by Crippen LogP contribution is 2.48. The Morgan fingerprint density at radius 2 is 2.17 bits per heavy atom. The predicted octanol–water partition coefficient (Wildman–Crippen LogP) is 3.08. The van der Waals surface area contributed by atoms with Gasteiger partial charge in [0, 0.05) is 24.2 Å². The number of nitrogens with one attached hydrogen (secondary N) is 1. The number of nitrogens with zero attached hydrogens (tertiary/aromatic N) is 1. The Morgan fingerprint density at radius 1 is 1.35 bits per heavy atom. The van der Waals surface area contributed by atoms with E-state index in [1.807, 2.05) is 0 Å². The minimum atomic E-state index is -4.42. The van der Waals surface area contributed by atoms with Gasteiger partial charge in [-0.15, -0.1) is 0 Å². The molecule has 2 aliphatic carbocycles. The molecule has 2 saturated carbocycles. The van der Waals surface area contributed by atoms with Crippen molar-refractivity contribution in [2.45, 2.75) is 38.4 Å². The van der Waals surface area contributed by atoms with Gasteiger partial charge in [-0.05, 0) is 37.2 Å². The summed E-state index contributed by atoms with van der Waals surface area (Å²) in [5.74, 6) is 1.08. The van der Waals surface area contributed by atoms with Gasteiger partial charge in [-0.25, -0.2) is 4.98 Å². The third kappa shape index (κ3) is 3.95. The summed E-state index contributed by atoms with van der Waals surface area (Å²) in [5, 5.41) is 2.82. The maximum atomic E-state index is 12.3. The second kappa shape index (κ2) is 6.37. The Morgan fingerprint density at radius 3 is 2.83 bits per heavy atom. The summed E-state index contributed by atoms with van der Waals surface area (Å²) < 4.78 is 41.5. The molecule has 1 amide bonds. The third-order valence-corrected chi connectivity index (χ3v) is 4.75. The number of hydrogen-bond acceptors (Lipinski definition) is 3. The molecule has 0 aliphatic heterocycles. The van der Waals surface area contributed by atoms with Gasteiger partial charge < -0.3 is 10.1 Å². The first-order valence-corrected chi connectivity index (χ1v) is 7.83. The molecular weight excluding hydrogens is 309 g/mol. The molecule has 2 fully saturated rings. The summed E-state index contributed by atoms with van der Waals surface area (Å²) in [6, 6.07) is 3.22. The number of halogens is 3. The SMILES string of the molecule is O=C(NCc1cccnc1OCC(F)(F)F)[C@@H]1C[C@H]2CC[C@H]1C2. The number of fused-ring (bicyclic) bond motifs is 2. The molecule has 3 atom stereocenters. The lowest BCUT2D eigenvalue weighted by molar-refractivity contribution is -0.154. The van der Waals surface area contributed by atoms with Crippen LogP contribution in [0.5, 0.6) is 5.88 Å². The van der Waals surface area contributed by atoms with Gasteiger partial charge in [0.1, 0.15) is 0 Å². The maximum absolute atomic E-state index is 12.3. The fraction of sp³-hybridized carbons (Fsp3) is 0.625. The van der Waals surface area contributed by atoms with Crippen LogP contribution in [0.3, 0.4) is 0 Å². The molecule has 1 N–H and O–H groups in total. The summed E-state index contributed by atoms with van der Waals surface area (Å²) in [5.41, 5.74) is 0.452. The van der Waals surface area contributed by atoms with E-state index in [0.29, 0.717) is 17.4 Å². The van der Waals surface area contributed by atoms with E-state index >= 15 is 0 Å². The molecule has 2 bridgehead atoms. The van der Waals surface area contributed by atoms with Gasteiger partial charge in [-0.1, -0.05) is 12.5 Å². The van der Waals surface area contributed by atoms with E-state index in [-0.39, 0.29) is 24.2 Å². The maximum Gasteiger partial charge on any atom is 0.422 e. The largest absolute Gasteiger partial charge is 0.468 e. The normalized spacial score (nSPS) is 26.3. The number of pyridine rings is 1.